The zero-order valence-corrected chi connectivity index (χ0v) is 44.7. The van der Waals surface area contributed by atoms with E-state index in [1.165, 1.54) is 53.9 Å². The summed E-state index contributed by atoms with van der Waals surface area (Å²) < 4.78 is 0. The van der Waals surface area contributed by atoms with Gasteiger partial charge in [0.1, 0.15) is 0 Å². The molecule has 0 saturated carbocycles. The fourth-order valence-corrected chi connectivity index (χ4v) is 11.1. The second kappa shape index (κ2) is 21.8. The minimum Gasteiger partial charge on any atom is -0.0622 e. The summed E-state index contributed by atoms with van der Waals surface area (Å²) in [6.45, 7) is 0. The summed E-state index contributed by atoms with van der Waals surface area (Å²) in [4.78, 5) is 0. The minimum absolute atomic E-state index is 0.974. The van der Waals surface area contributed by atoms with Crippen LogP contribution in [-0.2, 0) is 0 Å². The Balaban J connectivity index is 0.985. The molecule has 0 aromatic heterocycles. The van der Waals surface area contributed by atoms with Crippen molar-refractivity contribution in [2.75, 3.05) is 0 Å². The van der Waals surface area contributed by atoms with E-state index in [2.05, 4.69) is 217 Å². The van der Waals surface area contributed by atoms with Gasteiger partial charge in [0.15, 0.2) is 0 Å². The number of rotatable bonds is 4. The van der Waals surface area contributed by atoms with E-state index in [9.17, 15) is 0 Å². The summed E-state index contributed by atoms with van der Waals surface area (Å²) in [5, 5.41) is 12.0. The van der Waals surface area contributed by atoms with Crippen LogP contribution in [0.25, 0.3) is 98.4 Å². The van der Waals surface area contributed by atoms with Crippen molar-refractivity contribution in [2.45, 2.75) is 0 Å². The zero-order valence-electron chi connectivity index (χ0n) is 44.7. The quantitative estimate of drug-likeness (QED) is 0.122. The molecule has 0 spiro atoms. The molecule has 0 aliphatic carbocycles. The third-order valence-corrected chi connectivity index (χ3v) is 15.4. The molecule has 14 rings (SSSR count). The molecule has 0 unspecified atom stereocenters. The highest BCUT2D eigenvalue weighted by atomic mass is 14.2. The second-order valence-corrected chi connectivity index (χ2v) is 20.6. The van der Waals surface area contributed by atoms with Crippen LogP contribution in [0.3, 0.4) is 0 Å². The van der Waals surface area contributed by atoms with Gasteiger partial charge < -0.3 is 0 Å². The number of hydrogen-bond donors (Lipinski definition) is 0. The van der Waals surface area contributed by atoms with E-state index in [0.717, 1.165) is 89.0 Å². The van der Waals surface area contributed by atoms with Crippen LogP contribution < -0.4 is 0 Å². The molecular weight excluding hydrogens is 985 g/mol. The Bertz CT molecular complexity index is 4370. The summed E-state index contributed by atoms with van der Waals surface area (Å²) in [6.07, 6.45) is 0. The molecule has 0 radical (unpaired) electrons. The van der Waals surface area contributed by atoms with E-state index >= 15 is 0 Å². The van der Waals surface area contributed by atoms with Gasteiger partial charge in [0.2, 0.25) is 0 Å². The summed E-state index contributed by atoms with van der Waals surface area (Å²) in [5.41, 5.74) is 17.0. The molecule has 0 heterocycles. The SMILES string of the molecule is C(#Cc1ccc(-c2ccc3c4ccc(-c5ccc(C#Cc6ccccc6)cc5)cc4c4c5cc(-c6ccc(C#Cc7ccccc7)cc6)ccc5c5ccc(-c6ccc(C#Cc7ccccc7)cc6)cc5c4c3c2)cc1)c1ccccc1. The molecule has 0 heteroatoms. The topological polar surface area (TPSA) is 0 Å². The smallest absolute Gasteiger partial charge is 0.0249 e. The van der Waals surface area contributed by atoms with Crippen LogP contribution in [0.1, 0.15) is 44.5 Å². The molecular formula is C82H48. The number of fused-ring (bicyclic) bond motifs is 11. The first-order valence-corrected chi connectivity index (χ1v) is 27.6. The Morgan fingerprint density at radius 3 is 0.500 bits per heavy atom. The standard InChI is InChI=1S/C82H48/c1-5-13-57(14-6-1)21-25-61-29-37-65(38-30-61)69-45-49-73-74-50-46-71(67-41-33-63(34-42-67)27-23-59-17-9-3-10-18-59)55-79(74)82-80-56-72(68-43-35-64(36-44-68)28-24-60-19-11-4-12-20-60)48-52-76(80)75-51-47-70(54-78(75)81(82)77(73)53-69)66-39-31-62(32-40-66)26-22-58-15-7-2-8-16-58/h1-20,29-56H. The molecule has 0 N–H and O–H groups in total. The summed E-state index contributed by atoms with van der Waals surface area (Å²) in [7, 11) is 0. The van der Waals surface area contributed by atoms with Crippen molar-refractivity contribution in [2.24, 2.45) is 0 Å². The molecule has 0 aliphatic heterocycles. The average molecular weight is 1030 g/mol. The lowest BCUT2D eigenvalue weighted by Crippen LogP contribution is -1.92. The number of benzene rings is 14. The monoisotopic (exact) mass is 1030 g/mol. The number of hydrogen-bond acceptors (Lipinski definition) is 0. The van der Waals surface area contributed by atoms with Gasteiger partial charge in [0, 0.05) is 44.5 Å². The predicted octanol–water partition coefficient (Wildman–Crippen LogP) is 19.7. The van der Waals surface area contributed by atoms with Crippen LogP contribution in [-0.4, -0.2) is 0 Å². The van der Waals surface area contributed by atoms with Crippen LogP contribution in [0, 0.1) is 47.4 Å². The Hall–Kier alpha value is -11.4. The van der Waals surface area contributed by atoms with Gasteiger partial charge in [-0.2, -0.15) is 0 Å². The molecule has 0 bridgehead atoms. The van der Waals surface area contributed by atoms with Crippen molar-refractivity contribution < 1.29 is 0 Å². The Morgan fingerprint density at radius 1 is 0.134 bits per heavy atom. The Labute approximate surface area is 478 Å². The van der Waals surface area contributed by atoms with Gasteiger partial charge in [-0.1, -0.05) is 217 Å². The first kappa shape index (κ1) is 49.0. The Kier molecular flexibility index (Phi) is 13.0. The Morgan fingerprint density at radius 2 is 0.305 bits per heavy atom. The van der Waals surface area contributed by atoms with Crippen molar-refractivity contribution >= 4 is 53.9 Å². The second-order valence-electron chi connectivity index (χ2n) is 20.6. The fraction of sp³-hybridized carbons (Fsp3) is 0. The van der Waals surface area contributed by atoms with E-state index in [4.69, 9.17) is 0 Å². The van der Waals surface area contributed by atoms with Gasteiger partial charge in [0.05, 0.1) is 0 Å². The average Bonchev–Trinajstić information content (AvgIpc) is 3.74. The van der Waals surface area contributed by atoms with Crippen molar-refractivity contribution in [3.63, 3.8) is 0 Å². The molecule has 14 aromatic carbocycles. The van der Waals surface area contributed by atoms with E-state index in [1.54, 1.807) is 0 Å². The van der Waals surface area contributed by atoms with E-state index in [1.807, 2.05) is 121 Å². The highest BCUT2D eigenvalue weighted by Crippen LogP contribution is 2.47. The maximum atomic E-state index is 3.38. The molecule has 0 amide bonds. The zero-order chi connectivity index (χ0) is 54.6. The first-order valence-electron chi connectivity index (χ1n) is 27.6. The molecule has 82 heavy (non-hydrogen) atoms. The van der Waals surface area contributed by atoms with Crippen LogP contribution >= 0.6 is 0 Å². The van der Waals surface area contributed by atoms with Gasteiger partial charge in [-0.3, -0.25) is 0 Å². The molecule has 0 nitrogen and oxygen atoms in total. The molecule has 0 atom stereocenters. The molecule has 376 valence electrons. The lowest BCUT2D eigenvalue weighted by atomic mass is 9.84. The van der Waals surface area contributed by atoms with Gasteiger partial charge >= 0.3 is 0 Å². The van der Waals surface area contributed by atoms with E-state index in [0.29, 0.717) is 0 Å². The molecule has 0 saturated heterocycles. The van der Waals surface area contributed by atoms with Crippen molar-refractivity contribution in [3.05, 3.63) is 336 Å². The first-order chi connectivity index (χ1) is 40.6. The van der Waals surface area contributed by atoms with E-state index in [-0.39, 0.29) is 0 Å². The van der Waals surface area contributed by atoms with Crippen molar-refractivity contribution in [1.29, 1.82) is 0 Å². The summed E-state index contributed by atoms with van der Waals surface area (Å²) >= 11 is 0. The van der Waals surface area contributed by atoms with Crippen LogP contribution in [0.4, 0.5) is 0 Å². The van der Waals surface area contributed by atoms with Gasteiger partial charge in [-0.15, -0.1) is 0 Å². The van der Waals surface area contributed by atoms with Gasteiger partial charge in [-0.25, -0.2) is 0 Å². The fourth-order valence-electron chi connectivity index (χ4n) is 11.1. The van der Waals surface area contributed by atoms with Crippen LogP contribution in [0.2, 0.25) is 0 Å². The van der Waals surface area contributed by atoms with Crippen LogP contribution in [0.5, 0.6) is 0 Å². The minimum atomic E-state index is 0.974. The third kappa shape index (κ3) is 10.1. The van der Waals surface area contributed by atoms with E-state index < -0.39 is 0 Å². The lowest BCUT2D eigenvalue weighted by molar-refractivity contribution is 1.60. The van der Waals surface area contributed by atoms with Gasteiger partial charge in [-0.05, 0) is 220 Å². The largest absolute Gasteiger partial charge is 0.0622 e. The molecule has 0 aliphatic rings. The summed E-state index contributed by atoms with van der Waals surface area (Å²) in [5.74, 6) is 26.8. The predicted molar refractivity (Wildman–Crippen MR) is 345 cm³/mol. The van der Waals surface area contributed by atoms with Crippen LogP contribution in [0.15, 0.2) is 291 Å². The van der Waals surface area contributed by atoms with Gasteiger partial charge in [0.25, 0.3) is 0 Å². The highest BCUT2D eigenvalue weighted by molar-refractivity contribution is 6.40. The molecule has 0 fully saturated rings. The maximum Gasteiger partial charge on any atom is 0.0249 e. The third-order valence-electron chi connectivity index (χ3n) is 15.4. The normalized spacial score (nSPS) is 10.8. The van der Waals surface area contributed by atoms with Crippen molar-refractivity contribution in [1.82, 2.24) is 0 Å². The highest BCUT2D eigenvalue weighted by Gasteiger charge is 2.19. The van der Waals surface area contributed by atoms with Crippen molar-refractivity contribution in [3.8, 4) is 91.9 Å². The lowest BCUT2D eigenvalue weighted by Gasteiger charge is -2.19. The molecule has 14 aromatic rings. The maximum absolute atomic E-state index is 3.38. The summed E-state index contributed by atoms with van der Waals surface area (Å²) in [6, 6.07) is 103.